The van der Waals surface area contributed by atoms with Crippen molar-refractivity contribution in [2.45, 2.75) is 39.5 Å². The van der Waals surface area contributed by atoms with E-state index in [1.54, 1.807) is 48.0 Å². The second-order valence-electron chi connectivity index (χ2n) is 11.3. The van der Waals surface area contributed by atoms with Crippen LogP contribution in [0.3, 0.4) is 0 Å². The smallest absolute Gasteiger partial charge is 0.341 e. The van der Waals surface area contributed by atoms with Gasteiger partial charge in [-0.3, -0.25) is 4.79 Å². The Labute approximate surface area is 240 Å². The Balaban J connectivity index is 1.50. The molecule has 2 heterocycles. The summed E-state index contributed by atoms with van der Waals surface area (Å²) < 4.78 is 23.0. The van der Waals surface area contributed by atoms with Crippen molar-refractivity contribution in [3.05, 3.63) is 83.2 Å². The second-order valence-corrected chi connectivity index (χ2v) is 11.3. The monoisotopic (exact) mass is 559 g/mol. The lowest BCUT2D eigenvalue weighted by Crippen LogP contribution is -2.42. The first kappa shape index (κ1) is 28.4. The van der Waals surface area contributed by atoms with E-state index in [4.69, 9.17) is 10.5 Å². The van der Waals surface area contributed by atoms with Gasteiger partial charge in [0.25, 0.3) is 5.91 Å². The van der Waals surface area contributed by atoms with Gasteiger partial charge in [0.2, 0.25) is 0 Å². The van der Waals surface area contributed by atoms with E-state index in [-0.39, 0.29) is 29.9 Å². The Morgan fingerprint density at radius 1 is 1.12 bits per heavy atom. The van der Waals surface area contributed by atoms with Crippen LogP contribution < -0.4 is 11.1 Å². The van der Waals surface area contributed by atoms with Gasteiger partial charge in [-0.1, -0.05) is 38.1 Å². The number of piperidine rings is 1. The number of aromatic nitrogens is 2. The molecule has 1 aromatic heterocycles. The van der Waals surface area contributed by atoms with Crippen LogP contribution in [0.25, 0.3) is 16.8 Å². The molecule has 2 aliphatic rings. The van der Waals surface area contributed by atoms with Crippen molar-refractivity contribution < 1.29 is 18.7 Å². The molecule has 41 heavy (non-hydrogen) atoms. The molecular formula is C32H38FN5O3. The number of esters is 1. The predicted octanol–water partition coefficient (Wildman–Crippen LogP) is 5.10. The van der Waals surface area contributed by atoms with Crippen molar-refractivity contribution >= 4 is 11.9 Å². The molecule has 4 atom stereocenters. The van der Waals surface area contributed by atoms with Gasteiger partial charge in [0, 0.05) is 49.4 Å². The van der Waals surface area contributed by atoms with Crippen molar-refractivity contribution in [1.82, 2.24) is 20.0 Å². The molecule has 1 saturated carbocycles. The van der Waals surface area contributed by atoms with Crippen LogP contribution in [0.1, 0.15) is 65.9 Å². The normalized spacial score (nSPS) is 22.4. The average Bonchev–Trinajstić information content (AvgIpc) is 3.62. The number of nitrogens with one attached hydrogen (secondary N) is 1. The highest BCUT2D eigenvalue weighted by molar-refractivity contribution is 5.96. The molecule has 5 rings (SSSR count). The molecule has 2 fully saturated rings. The van der Waals surface area contributed by atoms with E-state index in [1.807, 2.05) is 24.3 Å². The van der Waals surface area contributed by atoms with E-state index in [2.05, 4.69) is 24.3 Å². The lowest BCUT2D eigenvalue weighted by atomic mass is 9.91. The van der Waals surface area contributed by atoms with Crippen LogP contribution in [0.2, 0.25) is 0 Å². The van der Waals surface area contributed by atoms with Gasteiger partial charge < -0.3 is 20.7 Å². The molecule has 0 spiro atoms. The lowest BCUT2D eigenvalue weighted by Gasteiger charge is -2.35. The summed E-state index contributed by atoms with van der Waals surface area (Å²) in [7, 11) is 1.79. The van der Waals surface area contributed by atoms with Crippen LogP contribution in [-0.4, -0.2) is 53.3 Å². The number of hydrogen-bond acceptors (Lipinski definition) is 6. The number of carbonyl (C=O) groups excluding carboxylic acids is 2. The molecule has 8 nitrogen and oxygen atoms in total. The van der Waals surface area contributed by atoms with Crippen molar-refractivity contribution in [2.75, 3.05) is 26.7 Å². The standard InChI is InChI=1S/C32H38FN5O3/c1-5-41-32(40)27-15-36-38(30(27)26-14-25(26)28(34)16-35-4)22-9-6-8-21(13-22)23-10-7-11-24(29(23)33)31(39)37-17-19(2)12-20(3)18-37/h6-11,13,15-16,19-20,25-26,35H,5,12,14,17-18,34H2,1-4H3/b28-16-/t19?,20?,25?,26-/m1/s1. The molecule has 3 aromatic rings. The fraction of sp³-hybridized carbons (Fsp3) is 0.406. The molecule has 3 N–H and O–H groups in total. The third kappa shape index (κ3) is 5.71. The van der Waals surface area contributed by atoms with Gasteiger partial charge in [-0.2, -0.15) is 5.10 Å². The highest BCUT2D eigenvalue weighted by Gasteiger charge is 2.45. The maximum atomic E-state index is 16.0. The number of amides is 1. The quantitative estimate of drug-likeness (QED) is 0.373. The Bertz CT molecular complexity index is 1470. The predicted molar refractivity (Wildman–Crippen MR) is 156 cm³/mol. The maximum absolute atomic E-state index is 16.0. The van der Waals surface area contributed by atoms with Crippen molar-refractivity contribution in [3.8, 4) is 16.8 Å². The molecule has 216 valence electrons. The molecular weight excluding hydrogens is 521 g/mol. The highest BCUT2D eigenvalue weighted by Crippen LogP contribution is 2.51. The number of nitrogens with zero attached hydrogens (tertiary/aromatic N) is 3. The van der Waals surface area contributed by atoms with Crippen LogP contribution >= 0.6 is 0 Å². The number of carbonyl (C=O) groups is 2. The minimum atomic E-state index is -0.541. The zero-order valence-electron chi connectivity index (χ0n) is 24.1. The van der Waals surface area contributed by atoms with E-state index < -0.39 is 11.8 Å². The molecule has 0 radical (unpaired) electrons. The molecule has 1 saturated heterocycles. The van der Waals surface area contributed by atoms with E-state index >= 15 is 4.39 Å². The molecule has 0 bridgehead atoms. The van der Waals surface area contributed by atoms with Gasteiger partial charge in [-0.05, 0) is 55.4 Å². The summed E-state index contributed by atoms with van der Waals surface area (Å²) in [4.78, 5) is 28.0. The fourth-order valence-corrected chi connectivity index (χ4v) is 6.15. The van der Waals surface area contributed by atoms with Gasteiger partial charge >= 0.3 is 5.97 Å². The number of rotatable bonds is 8. The van der Waals surface area contributed by atoms with Crippen LogP contribution in [0.4, 0.5) is 4.39 Å². The Hall–Kier alpha value is -4.14. The summed E-state index contributed by atoms with van der Waals surface area (Å²) >= 11 is 0. The third-order valence-corrected chi connectivity index (χ3v) is 7.97. The zero-order chi connectivity index (χ0) is 29.3. The SMILES string of the molecule is CCOC(=O)c1cnn(-c2cccc(-c3cccc(C(=O)N4CC(C)CC(C)C4)c3F)c2)c1[C@@H]1CC1/C(N)=C/NC. The van der Waals surface area contributed by atoms with Crippen molar-refractivity contribution in [3.63, 3.8) is 0 Å². The second kappa shape index (κ2) is 11.8. The lowest BCUT2D eigenvalue weighted by molar-refractivity contribution is 0.0524. The van der Waals surface area contributed by atoms with E-state index in [0.717, 1.165) is 18.5 Å². The largest absolute Gasteiger partial charge is 0.462 e. The average molecular weight is 560 g/mol. The van der Waals surface area contributed by atoms with Gasteiger partial charge in [0.05, 0.1) is 29.7 Å². The van der Waals surface area contributed by atoms with E-state index in [9.17, 15) is 9.59 Å². The number of nitrogens with two attached hydrogens (primary N) is 1. The number of likely N-dealkylation sites (tertiary alicyclic amines) is 1. The van der Waals surface area contributed by atoms with Gasteiger partial charge in [0.1, 0.15) is 11.4 Å². The van der Waals surface area contributed by atoms with Gasteiger partial charge in [-0.25, -0.2) is 13.9 Å². The first-order valence-electron chi connectivity index (χ1n) is 14.3. The topological polar surface area (TPSA) is 102 Å². The number of halogens is 1. The molecule has 3 unspecified atom stereocenters. The van der Waals surface area contributed by atoms with Crippen molar-refractivity contribution in [2.24, 2.45) is 23.5 Å². The summed E-state index contributed by atoms with van der Waals surface area (Å²) in [5.41, 5.74) is 9.77. The molecule has 1 amide bonds. The zero-order valence-corrected chi connectivity index (χ0v) is 24.1. The minimum absolute atomic E-state index is 0.0165. The Morgan fingerprint density at radius 2 is 1.85 bits per heavy atom. The van der Waals surface area contributed by atoms with Crippen molar-refractivity contribution in [1.29, 1.82) is 0 Å². The Morgan fingerprint density at radius 3 is 2.56 bits per heavy atom. The molecule has 1 aliphatic heterocycles. The summed E-state index contributed by atoms with van der Waals surface area (Å²) in [5.74, 6) is -0.454. The molecule has 9 heteroatoms. The summed E-state index contributed by atoms with van der Waals surface area (Å²) in [6, 6.07) is 12.3. The summed E-state index contributed by atoms with van der Waals surface area (Å²) in [6.07, 6.45) is 5.12. The first-order chi connectivity index (χ1) is 19.7. The summed E-state index contributed by atoms with van der Waals surface area (Å²) in [6.45, 7) is 7.52. The van der Waals surface area contributed by atoms with Gasteiger partial charge in [-0.15, -0.1) is 0 Å². The summed E-state index contributed by atoms with van der Waals surface area (Å²) in [5, 5.41) is 7.52. The minimum Gasteiger partial charge on any atom is -0.462 e. The number of ether oxygens (including phenoxy) is 1. The van der Waals surface area contributed by atoms with E-state index in [1.165, 1.54) is 6.20 Å². The van der Waals surface area contributed by atoms with Crippen LogP contribution in [0, 0.1) is 23.6 Å². The van der Waals surface area contributed by atoms with Gasteiger partial charge in [0.15, 0.2) is 0 Å². The Kier molecular flexibility index (Phi) is 8.15. The third-order valence-electron chi connectivity index (χ3n) is 7.97. The first-order valence-corrected chi connectivity index (χ1v) is 14.3. The molecule has 1 aliphatic carbocycles. The number of allylic oxidation sites excluding steroid dienone is 1. The number of benzene rings is 2. The van der Waals surface area contributed by atoms with Crippen LogP contribution in [0.15, 0.2) is 60.6 Å². The van der Waals surface area contributed by atoms with Crippen LogP contribution in [0.5, 0.6) is 0 Å². The molecule has 2 aromatic carbocycles. The number of hydrogen-bond donors (Lipinski definition) is 2. The highest BCUT2D eigenvalue weighted by atomic mass is 19.1. The van der Waals surface area contributed by atoms with Crippen LogP contribution in [-0.2, 0) is 4.74 Å². The van der Waals surface area contributed by atoms with E-state index in [0.29, 0.717) is 53.0 Å². The maximum Gasteiger partial charge on any atom is 0.341 e. The fourth-order valence-electron chi connectivity index (χ4n) is 6.15.